The molecule has 1 atom stereocenters. The van der Waals surface area contributed by atoms with Gasteiger partial charge in [-0.1, -0.05) is 29.8 Å². The summed E-state index contributed by atoms with van der Waals surface area (Å²) in [7, 11) is 0. The number of likely N-dealkylation sites (tertiary alicyclic amines) is 1. The van der Waals surface area contributed by atoms with Crippen molar-refractivity contribution in [2.24, 2.45) is 0 Å². The van der Waals surface area contributed by atoms with Crippen LogP contribution in [0.1, 0.15) is 50.4 Å². The summed E-state index contributed by atoms with van der Waals surface area (Å²) in [5.74, 6) is -1.21. The molecule has 1 N–H and O–H groups in total. The number of halogens is 3. The molecule has 0 radical (unpaired) electrons. The molecule has 1 aromatic heterocycles. The Balaban J connectivity index is 1.32. The van der Waals surface area contributed by atoms with Crippen LogP contribution in [0.3, 0.4) is 0 Å². The van der Waals surface area contributed by atoms with Crippen LogP contribution < -0.4 is 5.32 Å². The molecule has 3 amide bonds. The quantitative estimate of drug-likeness (QED) is 0.504. The molecule has 1 unspecified atom stereocenters. The second kappa shape index (κ2) is 10.8. The molecule has 3 heterocycles. The van der Waals surface area contributed by atoms with E-state index in [4.69, 9.17) is 9.15 Å². The third-order valence-corrected chi connectivity index (χ3v) is 7.33. The standard InChI is InChI=1S/C29H28F3N3O5/c1-19-5-2-7-21(15-19)26(37)34-12-10-28(11-13-34)35(27(38)24-9-4-14-39-24)23(18-40-28)25(36)33-17-20-6-3-8-22(16-20)29(30,31)32/h2-9,14-16,23H,10-13,17-18H2,1H3,(H,33,36). The van der Waals surface area contributed by atoms with Gasteiger partial charge in [-0.3, -0.25) is 19.3 Å². The van der Waals surface area contributed by atoms with Crippen molar-refractivity contribution in [3.63, 3.8) is 0 Å². The van der Waals surface area contributed by atoms with E-state index < -0.39 is 35.3 Å². The normalized spacial score (nSPS) is 18.6. The molecule has 1 spiro atoms. The summed E-state index contributed by atoms with van der Waals surface area (Å²) in [4.78, 5) is 43.0. The molecule has 2 aromatic carbocycles. The highest BCUT2D eigenvalue weighted by atomic mass is 19.4. The van der Waals surface area contributed by atoms with Crippen molar-refractivity contribution in [2.45, 2.75) is 44.3 Å². The van der Waals surface area contributed by atoms with Crippen LogP contribution >= 0.6 is 0 Å². The third kappa shape index (κ3) is 5.46. The van der Waals surface area contributed by atoms with Gasteiger partial charge in [-0.2, -0.15) is 13.2 Å². The van der Waals surface area contributed by atoms with Crippen molar-refractivity contribution in [1.29, 1.82) is 0 Å². The molecule has 11 heteroatoms. The molecule has 8 nitrogen and oxygen atoms in total. The van der Waals surface area contributed by atoms with Crippen LogP contribution in [0.25, 0.3) is 0 Å². The lowest BCUT2D eigenvalue weighted by Crippen LogP contribution is -2.59. The third-order valence-electron chi connectivity index (χ3n) is 7.33. The Labute approximate surface area is 228 Å². The van der Waals surface area contributed by atoms with Crippen LogP contribution in [0.5, 0.6) is 0 Å². The first-order valence-electron chi connectivity index (χ1n) is 12.9. The van der Waals surface area contributed by atoms with Gasteiger partial charge in [0.05, 0.1) is 18.4 Å². The highest BCUT2D eigenvalue weighted by Gasteiger charge is 2.54. The fraction of sp³-hybridized carbons (Fsp3) is 0.345. The van der Waals surface area contributed by atoms with E-state index in [0.29, 0.717) is 18.7 Å². The highest BCUT2D eigenvalue weighted by molar-refractivity contribution is 5.97. The van der Waals surface area contributed by atoms with Gasteiger partial charge < -0.3 is 19.4 Å². The number of carbonyl (C=O) groups is 3. The number of ether oxygens (including phenoxy) is 1. The molecule has 2 fully saturated rings. The molecule has 3 aromatic rings. The summed E-state index contributed by atoms with van der Waals surface area (Å²) in [6, 6.07) is 14.0. The minimum absolute atomic E-state index is 0.0267. The number of furan rings is 1. The van der Waals surface area contributed by atoms with E-state index in [-0.39, 0.29) is 43.2 Å². The summed E-state index contributed by atoms with van der Waals surface area (Å²) in [6.07, 6.45) is -2.61. The Morgan fingerprint density at radius 1 is 1.00 bits per heavy atom. The zero-order chi connectivity index (χ0) is 28.5. The Kier molecular flexibility index (Phi) is 7.41. The van der Waals surface area contributed by atoms with Crippen molar-refractivity contribution in [3.8, 4) is 0 Å². The zero-order valence-corrected chi connectivity index (χ0v) is 21.7. The molecular weight excluding hydrogens is 527 g/mol. The van der Waals surface area contributed by atoms with E-state index in [9.17, 15) is 27.6 Å². The van der Waals surface area contributed by atoms with E-state index in [1.54, 1.807) is 17.0 Å². The number of rotatable bonds is 5. The van der Waals surface area contributed by atoms with E-state index in [1.165, 1.54) is 29.4 Å². The molecule has 0 saturated carbocycles. The van der Waals surface area contributed by atoms with Gasteiger partial charge in [0.25, 0.3) is 11.8 Å². The monoisotopic (exact) mass is 555 g/mol. The van der Waals surface area contributed by atoms with Crippen LogP contribution in [-0.4, -0.2) is 59.0 Å². The Bertz CT molecular complexity index is 1400. The topological polar surface area (TPSA) is 92.1 Å². The Morgan fingerprint density at radius 2 is 1.75 bits per heavy atom. The number of amides is 3. The van der Waals surface area contributed by atoms with E-state index in [2.05, 4.69) is 5.32 Å². The van der Waals surface area contributed by atoms with Gasteiger partial charge in [0.2, 0.25) is 5.91 Å². The number of nitrogens with one attached hydrogen (secondary N) is 1. The summed E-state index contributed by atoms with van der Waals surface area (Å²) in [5.41, 5.74) is -0.162. The van der Waals surface area contributed by atoms with Crippen molar-refractivity contribution in [2.75, 3.05) is 19.7 Å². The molecular formula is C29H28F3N3O5. The molecule has 5 rings (SSSR count). The summed E-state index contributed by atoms with van der Waals surface area (Å²) >= 11 is 0. The molecule has 0 bridgehead atoms. The van der Waals surface area contributed by atoms with Crippen LogP contribution in [0.2, 0.25) is 0 Å². The average molecular weight is 556 g/mol. The molecule has 0 aliphatic carbocycles. The fourth-order valence-corrected chi connectivity index (χ4v) is 5.27. The van der Waals surface area contributed by atoms with Crippen LogP contribution in [0.4, 0.5) is 13.2 Å². The van der Waals surface area contributed by atoms with Crippen molar-refractivity contribution in [3.05, 3.63) is 94.9 Å². The maximum atomic E-state index is 13.6. The van der Waals surface area contributed by atoms with Gasteiger partial charge in [0, 0.05) is 38.0 Å². The predicted molar refractivity (Wildman–Crippen MR) is 137 cm³/mol. The Morgan fingerprint density at radius 3 is 2.42 bits per heavy atom. The molecule has 2 aliphatic heterocycles. The summed E-state index contributed by atoms with van der Waals surface area (Å²) < 4.78 is 50.8. The minimum Gasteiger partial charge on any atom is -0.459 e. The maximum absolute atomic E-state index is 13.6. The number of piperidine rings is 1. The number of hydrogen-bond donors (Lipinski definition) is 1. The van der Waals surface area contributed by atoms with E-state index in [1.807, 2.05) is 25.1 Å². The van der Waals surface area contributed by atoms with Crippen LogP contribution in [-0.2, 0) is 22.3 Å². The summed E-state index contributed by atoms with van der Waals surface area (Å²) in [6.45, 7) is 2.24. The van der Waals surface area contributed by atoms with Crippen LogP contribution in [0, 0.1) is 6.92 Å². The van der Waals surface area contributed by atoms with Gasteiger partial charge in [-0.05, 0) is 48.9 Å². The number of hydrogen-bond acceptors (Lipinski definition) is 5. The summed E-state index contributed by atoms with van der Waals surface area (Å²) in [5, 5.41) is 2.65. The fourth-order valence-electron chi connectivity index (χ4n) is 5.27. The van der Waals surface area contributed by atoms with Crippen molar-refractivity contribution >= 4 is 17.7 Å². The minimum atomic E-state index is -4.51. The second-order valence-electron chi connectivity index (χ2n) is 10.0. The predicted octanol–water partition coefficient (Wildman–Crippen LogP) is 4.40. The van der Waals surface area contributed by atoms with Gasteiger partial charge in [0.1, 0.15) is 11.8 Å². The molecule has 2 aliphatic rings. The van der Waals surface area contributed by atoms with Gasteiger partial charge in [-0.25, -0.2) is 0 Å². The van der Waals surface area contributed by atoms with Gasteiger partial charge >= 0.3 is 6.18 Å². The van der Waals surface area contributed by atoms with Gasteiger partial charge in [-0.15, -0.1) is 0 Å². The van der Waals surface area contributed by atoms with E-state index >= 15 is 0 Å². The first kappa shape index (κ1) is 27.4. The van der Waals surface area contributed by atoms with Crippen molar-refractivity contribution < 1.29 is 36.7 Å². The second-order valence-corrected chi connectivity index (χ2v) is 10.0. The van der Waals surface area contributed by atoms with E-state index in [0.717, 1.165) is 17.7 Å². The highest BCUT2D eigenvalue weighted by Crippen LogP contribution is 2.39. The molecule has 210 valence electrons. The van der Waals surface area contributed by atoms with Gasteiger partial charge in [0.15, 0.2) is 5.76 Å². The number of aryl methyl sites for hydroxylation is 1. The maximum Gasteiger partial charge on any atom is 0.416 e. The Hall–Kier alpha value is -4.12. The number of nitrogens with zero attached hydrogens (tertiary/aromatic N) is 2. The number of carbonyl (C=O) groups excluding carboxylic acids is 3. The molecule has 2 saturated heterocycles. The smallest absolute Gasteiger partial charge is 0.416 e. The lowest BCUT2D eigenvalue weighted by Gasteiger charge is -2.44. The number of benzene rings is 2. The largest absolute Gasteiger partial charge is 0.459 e. The molecule has 40 heavy (non-hydrogen) atoms. The number of alkyl halides is 3. The lowest BCUT2D eigenvalue weighted by atomic mass is 9.96. The van der Waals surface area contributed by atoms with Crippen molar-refractivity contribution in [1.82, 2.24) is 15.1 Å². The lowest BCUT2D eigenvalue weighted by molar-refractivity contribution is -0.137. The first-order valence-corrected chi connectivity index (χ1v) is 12.9. The zero-order valence-electron chi connectivity index (χ0n) is 21.7. The SMILES string of the molecule is Cc1cccc(C(=O)N2CCC3(CC2)OCC(C(=O)NCc2cccc(C(F)(F)F)c2)N3C(=O)c2ccco2)c1. The van der Waals surface area contributed by atoms with Crippen LogP contribution in [0.15, 0.2) is 71.3 Å². The first-order chi connectivity index (χ1) is 19.1. The average Bonchev–Trinajstić information content (AvgIpc) is 3.60.